The van der Waals surface area contributed by atoms with Crippen molar-refractivity contribution in [1.29, 1.82) is 0 Å². The predicted molar refractivity (Wildman–Crippen MR) is 63.6 cm³/mol. The molecule has 2 atom stereocenters. The average Bonchev–Trinajstić information content (AvgIpc) is 2.26. The van der Waals surface area contributed by atoms with E-state index in [0.29, 0.717) is 0 Å². The van der Waals surface area contributed by atoms with Crippen LogP contribution in [-0.2, 0) is 0 Å². The molecule has 1 aliphatic carbocycles. The van der Waals surface area contributed by atoms with Crippen LogP contribution < -0.4 is 5.32 Å². The average molecular weight is 216 g/mol. The van der Waals surface area contributed by atoms with Crippen LogP contribution in [0.3, 0.4) is 0 Å². The minimum absolute atomic E-state index is 0.723. The van der Waals surface area contributed by atoms with Crippen LogP contribution in [0.25, 0.3) is 0 Å². The third-order valence-corrected chi connectivity index (χ3v) is 3.64. The summed E-state index contributed by atoms with van der Waals surface area (Å²) >= 11 is 5.64. The van der Waals surface area contributed by atoms with Gasteiger partial charge in [0.05, 0.1) is 0 Å². The Morgan fingerprint density at radius 2 is 2.14 bits per heavy atom. The van der Waals surface area contributed by atoms with E-state index in [1.54, 1.807) is 5.54 Å². The number of nitrogens with one attached hydrogen (secondary N) is 1. The molecule has 1 rings (SSSR count). The Bertz CT molecular complexity index is 189. The lowest BCUT2D eigenvalue weighted by Crippen LogP contribution is -2.39. The van der Waals surface area contributed by atoms with Gasteiger partial charge in [-0.2, -0.15) is 0 Å². The Balaban J connectivity index is 2.33. The van der Waals surface area contributed by atoms with Gasteiger partial charge >= 0.3 is 0 Å². The van der Waals surface area contributed by atoms with Crippen LogP contribution in [0.1, 0.15) is 46.0 Å². The topological polar surface area (TPSA) is 12.0 Å². The maximum absolute atomic E-state index is 5.64. The van der Waals surface area contributed by atoms with Gasteiger partial charge in [-0.25, -0.2) is 0 Å². The standard InChI is InChI=1S/C12H22ClN/c1-3-11-6-4-5-7-12(11)14-9-10(2)8-13/h8,11-12,14H,3-7,9H2,1-2H3. The smallest absolute Gasteiger partial charge is 0.0176 e. The number of halogens is 1. The summed E-state index contributed by atoms with van der Waals surface area (Å²) in [5, 5.41) is 3.62. The van der Waals surface area contributed by atoms with Gasteiger partial charge < -0.3 is 5.32 Å². The van der Waals surface area contributed by atoms with E-state index < -0.39 is 0 Å². The molecule has 0 saturated heterocycles. The molecule has 1 N–H and O–H groups in total. The highest BCUT2D eigenvalue weighted by atomic mass is 35.5. The second-order valence-electron chi connectivity index (χ2n) is 4.40. The molecular formula is C12H22ClN. The predicted octanol–water partition coefficient (Wildman–Crippen LogP) is 3.69. The van der Waals surface area contributed by atoms with Crippen LogP contribution in [0.4, 0.5) is 0 Å². The monoisotopic (exact) mass is 215 g/mol. The molecule has 1 aliphatic rings. The lowest BCUT2D eigenvalue weighted by atomic mass is 9.83. The first-order valence-electron chi connectivity index (χ1n) is 5.77. The van der Waals surface area contributed by atoms with Crippen LogP contribution in [0, 0.1) is 5.92 Å². The van der Waals surface area contributed by atoms with Crippen molar-refractivity contribution in [2.45, 2.75) is 52.0 Å². The summed E-state index contributed by atoms with van der Waals surface area (Å²) in [6.07, 6.45) is 6.85. The highest BCUT2D eigenvalue weighted by Crippen LogP contribution is 2.26. The molecule has 0 aliphatic heterocycles. The zero-order valence-electron chi connectivity index (χ0n) is 9.35. The fraction of sp³-hybridized carbons (Fsp3) is 0.833. The molecule has 0 amide bonds. The molecule has 1 nitrogen and oxygen atoms in total. The molecule has 0 bridgehead atoms. The fourth-order valence-electron chi connectivity index (χ4n) is 2.30. The lowest BCUT2D eigenvalue weighted by Gasteiger charge is -2.31. The Morgan fingerprint density at radius 1 is 1.43 bits per heavy atom. The van der Waals surface area contributed by atoms with Crippen LogP contribution in [0.2, 0.25) is 0 Å². The molecule has 0 heterocycles. The van der Waals surface area contributed by atoms with Crippen molar-refractivity contribution in [2.24, 2.45) is 5.92 Å². The Kier molecular flexibility index (Phi) is 5.57. The minimum Gasteiger partial charge on any atom is -0.310 e. The molecule has 14 heavy (non-hydrogen) atoms. The van der Waals surface area contributed by atoms with Gasteiger partial charge in [-0.15, -0.1) is 0 Å². The van der Waals surface area contributed by atoms with Crippen LogP contribution in [0.15, 0.2) is 11.1 Å². The number of rotatable bonds is 4. The molecule has 82 valence electrons. The van der Waals surface area contributed by atoms with E-state index in [-0.39, 0.29) is 0 Å². The molecular weight excluding hydrogens is 194 g/mol. The normalized spacial score (nSPS) is 29.2. The second-order valence-corrected chi connectivity index (χ2v) is 4.61. The first-order chi connectivity index (χ1) is 6.77. The van der Waals surface area contributed by atoms with Gasteiger partial charge in [0, 0.05) is 18.1 Å². The molecule has 1 fully saturated rings. The molecule has 0 aromatic carbocycles. The minimum atomic E-state index is 0.723. The number of hydrogen-bond donors (Lipinski definition) is 1. The SMILES string of the molecule is CCC1CCCCC1NCC(C)=CCl. The van der Waals surface area contributed by atoms with E-state index in [0.717, 1.165) is 18.5 Å². The maximum Gasteiger partial charge on any atom is 0.0176 e. The number of hydrogen-bond acceptors (Lipinski definition) is 1. The summed E-state index contributed by atoms with van der Waals surface area (Å²) in [5.74, 6) is 0.881. The van der Waals surface area contributed by atoms with E-state index in [2.05, 4.69) is 19.2 Å². The van der Waals surface area contributed by atoms with Crippen molar-refractivity contribution in [3.05, 3.63) is 11.1 Å². The van der Waals surface area contributed by atoms with Gasteiger partial charge in [0.15, 0.2) is 0 Å². The zero-order valence-corrected chi connectivity index (χ0v) is 10.1. The van der Waals surface area contributed by atoms with Gasteiger partial charge in [-0.3, -0.25) is 0 Å². The molecule has 2 unspecified atom stereocenters. The first kappa shape index (κ1) is 12.1. The van der Waals surface area contributed by atoms with Gasteiger partial charge in [0.25, 0.3) is 0 Å². The maximum atomic E-state index is 5.64. The highest BCUT2D eigenvalue weighted by Gasteiger charge is 2.22. The van der Waals surface area contributed by atoms with Crippen LogP contribution in [-0.4, -0.2) is 12.6 Å². The summed E-state index contributed by atoms with van der Waals surface area (Å²) in [5.41, 5.74) is 2.91. The van der Waals surface area contributed by atoms with Crippen molar-refractivity contribution < 1.29 is 0 Å². The molecule has 1 saturated carbocycles. The molecule has 2 heteroatoms. The van der Waals surface area contributed by atoms with E-state index in [4.69, 9.17) is 11.6 Å². The largest absolute Gasteiger partial charge is 0.310 e. The molecule has 0 spiro atoms. The third kappa shape index (κ3) is 3.62. The summed E-state index contributed by atoms with van der Waals surface area (Å²) in [6, 6.07) is 0.723. The van der Waals surface area contributed by atoms with Crippen LogP contribution >= 0.6 is 11.6 Å². The molecule has 0 radical (unpaired) electrons. The summed E-state index contributed by atoms with van der Waals surface area (Å²) in [4.78, 5) is 0. The van der Waals surface area contributed by atoms with Crippen molar-refractivity contribution >= 4 is 11.6 Å². The van der Waals surface area contributed by atoms with E-state index in [9.17, 15) is 0 Å². The second kappa shape index (κ2) is 6.47. The van der Waals surface area contributed by atoms with Gasteiger partial charge in [0.1, 0.15) is 0 Å². The highest BCUT2D eigenvalue weighted by molar-refractivity contribution is 6.25. The zero-order chi connectivity index (χ0) is 10.4. The van der Waals surface area contributed by atoms with Crippen molar-refractivity contribution in [2.75, 3.05) is 6.54 Å². The lowest BCUT2D eigenvalue weighted by molar-refractivity contribution is 0.261. The van der Waals surface area contributed by atoms with Crippen molar-refractivity contribution in [1.82, 2.24) is 5.32 Å². The third-order valence-electron chi connectivity index (χ3n) is 3.26. The molecule has 0 aromatic heterocycles. The Hall–Kier alpha value is -0.0100. The molecule has 0 aromatic rings. The summed E-state index contributed by atoms with van der Waals surface area (Å²) in [7, 11) is 0. The van der Waals surface area contributed by atoms with Crippen molar-refractivity contribution in [3.8, 4) is 0 Å². The Morgan fingerprint density at radius 3 is 2.79 bits per heavy atom. The van der Waals surface area contributed by atoms with E-state index >= 15 is 0 Å². The van der Waals surface area contributed by atoms with E-state index in [1.807, 2.05) is 0 Å². The Labute approximate surface area is 92.9 Å². The van der Waals surface area contributed by atoms with E-state index in [1.165, 1.54) is 37.7 Å². The van der Waals surface area contributed by atoms with Crippen molar-refractivity contribution in [3.63, 3.8) is 0 Å². The fourth-order valence-corrected chi connectivity index (χ4v) is 2.37. The van der Waals surface area contributed by atoms with Crippen LogP contribution in [0.5, 0.6) is 0 Å². The van der Waals surface area contributed by atoms with Gasteiger partial charge in [0.2, 0.25) is 0 Å². The van der Waals surface area contributed by atoms with Gasteiger partial charge in [-0.05, 0) is 31.3 Å². The first-order valence-corrected chi connectivity index (χ1v) is 6.20. The quantitative estimate of drug-likeness (QED) is 0.755. The van der Waals surface area contributed by atoms with Gasteiger partial charge in [-0.1, -0.05) is 37.8 Å². The summed E-state index contributed by atoms with van der Waals surface area (Å²) < 4.78 is 0. The summed E-state index contributed by atoms with van der Waals surface area (Å²) in [6.45, 7) is 5.32.